The van der Waals surface area contributed by atoms with Crippen LogP contribution in [0, 0.1) is 16.5 Å². The molecule has 1 N–H and O–H groups in total. The van der Waals surface area contributed by atoms with Crippen molar-refractivity contribution in [3.05, 3.63) is 21.7 Å². The van der Waals surface area contributed by atoms with Crippen LogP contribution in [-0.4, -0.2) is 9.97 Å². The van der Waals surface area contributed by atoms with E-state index in [4.69, 9.17) is 17.2 Å². The van der Waals surface area contributed by atoms with Gasteiger partial charge in [0.15, 0.2) is 0 Å². The van der Waals surface area contributed by atoms with E-state index in [9.17, 15) is 0 Å². The molecule has 0 saturated heterocycles. The van der Waals surface area contributed by atoms with Crippen LogP contribution < -0.4 is 0 Å². The van der Waals surface area contributed by atoms with Crippen LogP contribution in [0.25, 0.3) is 0 Å². The van der Waals surface area contributed by atoms with E-state index in [0.717, 1.165) is 22.9 Å². The van der Waals surface area contributed by atoms with Crippen molar-refractivity contribution in [1.82, 2.24) is 9.97 Å². The number of fused-ring (bicyclic) bond motifs is 3. The van der Waals surface area contributed by atoms with Gasteiger partial charge in [0.25, 0.3) is 0 Å². The number of aryl methyl sites for hydroxylation is 1. The minimum atomic E-state index is 0.675. The minimum absolute atomic E-state index is 0.675. The topological polar surface area (TPSA) is 28.7 Å². The smallest absolute Gasteiger partial charge is 0.133 e. The molecule has 3 heteroatoms. The fourth-order valence-electron chi connectivity index (χ4n) is 4.57. The van der Waals surface area contributed by atoms with Crippen LogP contribution in [0.5, 0.6) is 0 Å². The minimum Gasteiger partial charge on any atom is -0.347 e. The summed E-state index contributed by atoms with van der Waals surface area (Å²) < 4.78 is 0.897. The lowest BCUT2D eigenvalue weighted by Gasteiger charge is -2.22. The van der Waals surface area contributed by atoms with Gasteiger partial charge in [0.2, 0.25) is 0 Å². The molecule has 3 atom stereocenters. The Kier molecular flexibility index (Phi) is 2.98. The molecular weight excluding hydrogens is 252 g/mol. The van der Waals surface area contributed by atoms with Crippen molar-refractivity contribution in [2.45, 2.75) is 63.7 Å². The maximum absolute atomic E-state index is 5.58. The normalized spacial score (nSPS) is 33.2. The zero-order valence-corrected chi connectivity index (χ0v) is 12.3. The van der Waals surface area contributed by atoms with Crippen molar-refractivity contribution in [3.63, 3.8) is 0 Å². The highest BCUT2D eigenvalue weighted by Crippen LogP contribution is 2.52. The summed E-state index contributed by atoms with van der Waals surface area (Å²) in [5.41, 5.74) is 2.76. The van der Waals surface area contributed by atoms with Gasteiger partial charge in [-0.25, -0.2) is 4.98 Å². The molecule has 0 aromatic carbocycles. The first kappa shape index (κ1) is 12.1. The Labute approximate surface area is 120 Å². The fourth-order valence-corrected chi connectivity index (χ4v) is 4.89. The first-order valence-electron chi connectivity index (χ1n) is 7.93. The number of H-pyrrole nitrogens is 1. The van der Waals surface area contributed by atoms with Crippen LogP contribution in [0.15, 0.2) is 0 Å². The number of aromatic amines is 1. The molecule has 1 heterocycles. The molecule has 2 bridgehead atoms. The third-order valence-corrected chi connectivity index (χ3v) is 5.90. The molecule has 0 aliphatic heterocycles. The molecule has 102 valence electrons. The highest BCUT2D eigenvalue weighted by Gasteiger charge is 2.41. The number of hydrogen-bond acceptors (Lipinski definition) is 2. The quantitative estimate of drug-likeness (QED) is 0.610. The van der Waals surface area contributed by atoms with Gasteiger partial charge in [-0.2, -0.15) is 0 Å². The predicted octanol–water partition coefficient (Wildman–Crippen LogP) is 4.31. The number of rotatable bonds is 1. The molecular formula is C16H22N2S. The van der Waals surface area contributed by atoms with Gasteiger partial charge in [0, 0.05) is 17.2 Å². The van der Waals surface area contributed by atoms with E-state index in [1.807, 2.05) is 0 Å². The van der Waals surface area contributed by atoms with Crippen molar-refractivity contribution >= 4 is 12.2 Å². The van der Waals surface area contributed by atoms with Crippen LogP contribution in [-0.2, 0) is 12.8 Å². The van der Waals surface area contributed by atoms with Gasteiger partial charge in [-0.1, -0.05) is 25.1 Å². The zero-order valence-electron chi connectivity index (χ0n) is 11.5. The average molecular weight is 274 g/mol. The van der Waals surface area contributed by atoms with E-state index >= 15 is 0 Å². The molecule has 2 fully saturated rings. The SMILES string of the molecule is S=c1nc(C2CC3CCC2C3)[nH]c2c1CCCCC2. The van der Waals surface area contributed by atoms with Crippen LogP contribution in [0.1, 0.15) is 67.9 Å². The lowest BCUT2D eigenvalue weighted by Crippen LogP contribution is -2.14. The summed E-state index contributed by atoms with van der Waals surface area (Å²) in [5, 5.41) is 0. The maximum atomic E-state index is 5.58. The Morgan fingerprint density at radius 2 is 1.95 bits per heavy atom. The van der Waals surface area contributed by atoms with Crippen LogP contribution in [0.2, 0.25) is 0 Å². The largest absolute Gasteiger partial charge is 0.347 e. The maximum Gasteiger partial charge on any atom is 0.133 e. The number of nitrogens with zero attached hydrogens (tertiary/aromatic N) is 1. The van der Waals surface area contributed by atoms with E-state index in [2.05, 4.69) is 4.98 Å². The van der Waals surface area contributed by atoms with Gasteiger partial charge in [-0.05, 0) is 56.8 Å². The first-order chi connectivity index (χ1) is 9.31. The summed E-state index contributed by atoms with van der Waals surface area (Å²) in [7, 11) is 0. The molecule has 3 aliphatic carbocycles. The molecule has 3 aliphatic rings. The van der Waals surface area contributed by atoms with Gasteiger partial charge in [0.1, 0.15) is 10.5 Å². The highest BCUT2D eigenvalue weighted by molar-refractivity contribution is 7.71. The molecule has 19 heavy (non-hydrogen) atoms. The monoisotopic (exact) mass is 274 g/mol. The van der Waals surface area contributed by atoms with Crippen LogP contribution >= 0.6 is 12.2 Å². The molecule has 2 saturated carbocycles. The molecule has 0 spiro atoms. The Hall–Kier alpha value is -0.700. The second-order valence-corrected chi connectivity index (χ2v) is 7.11. The summed E-state index contributed by atoms with van der Waals surface area (Å²) in [6.45, 7) is 0. The van der Waals surface area contributed by atoms with Gasteiger partial charge >= 0.3 is 0 Å². The molecule has 4 rings (SSSR count). The van der Waals surface area contributed by atoms with Crippen molar-refractivity contribution in [2.24, 2.45) is 11.8 Å². The Morgan fingerprint density at radius 3 is 2.74 bits per heavy atom. The summed E-state index contributed by atoms with van der Waals surface area (Å²) >= 11 is 5.58. The van der Waals surface area contributed by atoms with E-state index in [-0.39, 0.29) is 0 Å². The molecule has 0 radical (unpaired) electrons. The van der Waals surface area contributed by atoms with Crippen molar-refractivity contribution in [2.75, 3.05) is 0 Å². The summed E-state index contributed by atoms with van der Waals surface area (Å²) in [6, 6.07) is 0. The standard InChI is InChI=1S/C16H22N2S/c19-16-12-4-2-1-3-5-14(12)17-15(18-16)13-9-10-6-7-11(13)8-10/h10-11,13H,1-9H2,(H,17,18,19). The lowest BCUT2D eigenvalue weighted by molar-refractivity contribution is 0.404. The van der Waals surface area contributed by atoms with Gasteiger partial charge in [0.05, 0.1) is 0 Å². The number of nitrogens with one attached hydrogen (secondary N) is 1. The second kappa shape index (κ2) is 4.69. The summed E-state index contributed by atoms with van der Waals surface area (Å²) in [5.74, 6) is 3.75. The number of aromatic nitrogens is 2. The van der Waals surface area contributed by atoms with Gasteiger partial charge < -0.3 is 4.98 Å². The van der Waals surface area contributed by atoms with Crippen LogP contribution in [0.4, 0.5) is 0 Å². The molecule has 0 amide bonds. The predicted molar refractivity (Wildman–Crippen MR) is 78.9 cm³/mol. The van der Waals surface area contributed by atoms with Gasteiger partial charge in [-0.3, -0.25) is 0 Å². The fraction of sp³-hybridized carbons (Fsp3) is 0.750. The number of hydrogen-bond donors (Lipinski definition) is 1. The summed E-state index contributed by atoms with van der Waals surface area (Å²) in [4.78, 5) is 8.48. The molecule has 2 nitrogen and oxygen atoms in total. The first-order valence-corrected chi connectivity index (χ1v) is 8.34. The molecule has 1 aromatic rings. The Balaban J connectivity index is 1.72. The zero-order chi connectivity index (χ0) is 12.8. The second-order valence-electron chi connectivity index (χ2n) is 6.73. The molecule has 1 aromatic heterocycles. The van der Waals surface area contributed by atoms with E-state index in [1.165, 1.54) is 68.4 Å². The molecule has 3 unspecified atom stereocenters. The third-order valence-electron chi connectivity index (χ3n) is 5.57. The van der Waals surface area contributed by atoms with Gasteiger partial charge in [-0.15, -0.1) is 0 Å². The Morgan fingerprint density at radius 1 is 1.05 bits per heavy atom. The third kappa shape index (κ3) is 2.06. The highest BCUT2D eigenvalue weighted by atomic mass is 32.1. The van der Waals surface area contributed by atoms with E-state index in [0.29, 0.717) is 5.92 Å². The summed E-state index contributed by atoms with van der Waals surface area (Å²) in [6.07, 6.45) is 11.9. The Bertz CT molecular complexity index is 548. The van der Waals surface area contributed by atoms with Crippen molar-refractivity contribution in [1.29, 1.82) is 0 Å². The van der Waals surface area contributed by atoms with E-state index in [1.54, 1.807) is 0 Å². The van der Waals surface area contributed by atoms with Crippen LogP contribution in [0.3, 0.4) is 0 Å². The van der Waals surface area contributed by atoms with Crippen molar-refractivity contribution in [3.8, 4) is 0 Å². The van der Waals surface area contributed by atoms with E-state index < -0.39 is 0 Å². The average Bonchev–Trinajstić information content (AvgIpc) is 2.95. The van der Waals surface area contributed by atoms with Crippen molar-refractivity contribution < 1.29 is 0 Å². The lowest BCUT2D eigenvalue weighted by atomic mass is 9.88.